The Hall–Kier alpha value is -3.41. The van der Waals surface area contributed by atoms with Crippen LogP contribution in [0, 0.1) is 0 Å². The Morgan fingerprint density at radius 3 is 2.59 bits per heavy atom. The second kappa shape index (κ2) is 8.26. The summed E-state index contributed by atoms with van der Waals surface area (Å²) in [6, 6.07) is 10.1. The van der Waals surface area contributed by atoms with E-state index in [1.54, 1.807) is 24.3 Å². The van der Waals surface area contributed by atoms with Crippen molar-refractivity contribution in [2.24, 2.45) is 0 Å². The molecule has 0 amide bonds. The van der Waals surface area contributed by atoms with E-state index in [4.69, 9.17) is 15.2 Å². The third kappa shape index (κ3) is 3.60. The van der Waals surface area contributed by atoms with Gasteiger partial charge in [-0.3, -0.25) is 4.79 Å². The Bertz CT molecular complexity index is 1480. The maximum absolute atomic E-state index is 13.1. The highest BCUT2D eigenvalue weighted by Crippen LogP contribution is 2.37. The van der Waals surface area contributed by atoms with Crippen LogP contribution >= 0.6 is 0 Å². The lowest BCUT2D eigenvalue weighted by Gasteiger charge is -2.18. The van der Waals surface area contributed by atoms with E-state index in [0.29, 0.717) is 27.6 Å². The van der Waals surface area contributed by atoms with Gasteiger partial charge in [-0.2, -0.15) is 4.31 Å². The first-order chi connectivity index (χ1) is 15.3. The van der Waals surface area contributed by atoms with E-state index >= 15 is 0 Å². The van der Waals surface area contributed by atoms with Gasteiger partial charge in [-0.1, -0.05) is 12.1 Å². The zero-order chi connectivity index (χ0) is 23.0. The molecule has 0 unspecified atom stereocenters. The number of benzene rings is 2. The summed E-state index contributed by atoms with van der Waals surface area (Å²) < 4.78 is 37.8. The van der Waals surface area contributed by atoms with Gasteiger partial charge in [0, 0.05) is 32.2 Å². The molecule has 0 aliphatic heterocycles. The molecule has 0 saturated heterocycles. The van der Waals surface area contributed by atoms with E-state index in [9.17, 15) is 13.2 Å². The molecule has 0 aliphatic carbocycles. The maximum atomic E-state index is 13.1. The second-order valence-electron chi connectivity index (χ2n) is 7.21. The smallest absolute Gasteiger partial charge is 0.276 e. The van der Waals surface area contributed by atoms with Gasteiger partial charge in [0.05, 0.1) is 41.6 Å². The van der Waals surface area contributed by atoms with Gasteiger partial charge < -0.3 is 25.2 Å². The molecule has 0 bridgehead atoms. The van der Waals surface area contributed by atoms with Crippen molar-refractivity contribution in [3.63, 3.8) is 0 Å². The number of rotatable bonds is 7. The molecule has 2 heterocycles. The standard InChI is InChI=1S/C21H23N5O5S/c1-26(8-9-30-2)32(28,29)17-10-12-15(11-16(17)31-3)24-19(18(12)22)20-21(27)25-14-7-5-4-6-13(14)23-20/h4-7,10-11,24H,8-9,22H2,1-3H3,(H,25,27). The van der Waals surface area contributed by atoms with Gasteiger partial charge in [0.15, 0.2) is 5.69 Å². The summed E-state index contributed by atoms with van der Waals surface area (Å²) in [5.74, 6) is 0.148. The molecular formula is C21H23N5O5S. The number of anilines is 1. The number of aromatic nitrogens is 3. The van der Waals surface area contributed by atoms with Crippen LogP contribution in [-0.2, 0) is 14.8 Å². The highest BCUT2D eigenvalue weighted by molar-refractivity contribution is 7.89. The summed E-state index contributed by atoms with van der Waals surface area (Å²) in [5, 5.41) is 0.439. The predicted molar refractivity (Wildman–Crippen MR) is 122 cm³/mol. The van der Waals surface area contributed by atoms with E-state index < -0.39 is 15.6 Å². The van der Waals surface area contributed by atoms with E-state index in [2.05, 4.69) is 15.0 Å². The van der Waals surface area contributed by atoms with Crippen molar-refractivity contribution < 1.29 is 17.9 Å². The van der Waals surface area contributed by atoms with Crippen LogP contribution in [0.3, 0.4) is 0 Å². The number of para-hydroxylation sites is 2. The SMILES string of the molecule is COCCN(C)S(=O)(=O)c1cc2c(N)c(-c3nc4ccccc4[nH]c3=O)[nH]c2cc1OC. The van der Waals surface area contributed by atoms with E-state index in [-0.39, 0.29) is 35.2 Å². The fourth-order valence-corrected chi connectivity index (χ4v) is 4.79. The second-order valence-corrected chi connectivity index (χ2v) is 9.23. The molecule has 2 aromatic heterocycles. The molecule has 0 radical (unpaired) electrons. The molecule has 4 N–H and O–H groups in total. The maximum Gasteiger partial charge on any atom is 0.276 e. The van der Waals surface area contributed by atoms with Crippen LogP contribution in [0.2, 0.25) is 0 Å². The normalized spacial score (nSPS) is 12.1. The first-order valence-electron chi connectivity index (χ1n) is 9.71. The highest BCUT2D eigenvalue weighted by Gasteiger charge is 2.27. The molecule has 0 aliphatic rings. The van der Waals surface area contributed by atoms with Crippen molar-refractivity contribution in [2.45, 2.75) is 4.90 Å². The van der Waals surface area contributed by atoms with Crippen LogP contribution in [0.5, 0.6) is 5.75 Å². The first-order valence-corrected chi connectivity index (χ1v) is 11.2. The largest absolute Gasteiger partial charge is 0.495 e. The molecule has 11 heteroatoms. The summed E-state index contributed by atoms with van der Waals surface area (Å²) in [4.78, 5) is 23.0. The number of sulfonamides is 1. The number of likely N-dealkylation sites (N-methyl/N-ethyl adjacent to an activating group) is 1. The van der Waals surface area contributed by atoms with Gasteiger partial charge in [-0.05, 0) is 18.2 Å². The molecule has 0 spiro atoms. The summed E-state index contributed by atoms with van der Waals surface area (Å²) in [6.07, 6.45) is 0. The Morgan fingerprint density at radius 1 is 1.12 bits per heavy atom. The molecule has 0 fully saturated rings. The number of methoxy groups -OCH3 is 2. The number of aromatic amines is 2. The van der Waals surface area contributed by atoms with Crippen LogP contribution in [0.4, 0.5) is 5.69 Å². The number of nitrogens with two attached hydrogens (primary N) is 1. The fourth-order valence-electron chi connectivity index (χ4n) is 3.48. The Balaban J connectivity index is 1.90. The monoisotopic (exact) mass is 457 g/mol. The summed E-state index contributed by atoms with van der Waals surface area (Å²) in [5.41, 5.74) is 8.28. The van der Waals surface area contributed by atoms with Crippen LogP contribution in [-0.4, -0.2) is 62.1 Å². The van der Waals surface area contributed by atoms with Crippen molar-refractivity contribution >= 4 is 37.6 Å². The van der Waals surface area contributed by atoms with Crippen molar-refractivity contribution in [2.75, 3.05) is 40.2 Å². The molecule has 32 heavy (non-hydrogen) atoms. The van der Waals surface area contributed by atoms with Gasteiger partial charge in [0.25, 0.3) is 5.56 Å². The summed E-state index contributed by atoms with van der Waals surface area (Å²) in [6.45, 7) is 0.414. The lowest BCUT2D eigenvalue weighted by Crippen LogP contribution is -2.30. The number of nitrogen functional groups attached to an aromatic ring is 1. The van der Waals surface area contributed by atoms with E-state index in [1.807, 2.05) is 6.07 Å². The minimum Gasteiger partial charge on any atom is -0.495 e. The van der Waals surface area contributed by atoms with Gasteiger partial charge in [0.1, 0.15) is 10.6 Å². The van der Waals surface area contributed by atoms with Gasteiger partial charge in [-0.15, -0.1) is 0 Å². The minimum absolute atomic E-state index is 0.0382. The predicted octanol–water partition coefficient (Wildman–Crippen LogP) is 1.93. The average Bonchev–Trinajstić information content (AvgIpc) is 3.11. The number of hydrogen-bond donors (Lipinski definition) is 3. The van der Waals surface area contributed by atoms with Crippen molar-refractivity contribution in [3.05, 3.63) is 46.8 Å². The highest BCUT2D eigenvalue weighted by atomic mass is 32.2. The lowest BCUT2D eigenvalue weighted by molar-refractivity contribution is 0.185. The van der Waals surface area contributed by atoms with Gasteiger partial charge >= 0.3 is 0 Å². The number of fused-ring (bicyclic) bond motifs is 2. The number of nitrogens with zero attached hydrogens (tertiary/aromatic N) is 2. The summed E-state index contributed by atoms with van der Waals surface area (Å²) >= 11 is 0. The number of ether oxygens (including phenoxy) is 2. The molecule has 0 saturated carbocycles. The first kappa shape index (κ1) is 21.8. The van der Waals surface area contributed by atoms with Crippen molar-refractivity contribution in [3.8, 4) is 17.1 Å². The Morgan fingerprint density at radius 2 is 1.88 bits per heavy atom. The van der Waals surface area contributed by atoms with Crippen LogP contribution in [0.25, 0.3) is 33.3 Å². The Labute approximate surface area is 184 Å². The van der Waals surface area contributed by atoms with Gasteiger partial charge in [-0.25, -0.2) is 13.4 Å². The van der Waals surface area contributed by atoms with Crippen LogP contribution in [0.15, 0.2) is 46.1 Å². The molecular weight excluding hydrogens is 434 g/mol. The number of H-pyrrole nitrogens is 2. The van der Waals surface area contributed by atoms with Crippen LogP contribution in [0.1, 0.15) is 0 Å². The number of nitrogens with one attached hydrogen (secondary N) is 2. The van der Waals surface area contributed by atoms with E-state index in [0.717, 1.165) is 0 Å². The van der Waals surface area contributed by atoms with Crippen molar-refractivity contribution in [1.82, 2.24) is 19.3 Å². The molecule has 4 rings (SSSR count). The average molecular weight is 458 g/mol. The molecule has 4 aromatic rings. The number of hydrogen-bond acceptors (Lipinski definition) is 7. The zero-order valence-electron chi connectivity index (χ0n) is 17.8. The molecule has 0 atom stereocenters. The topological polar surface area (TPSA) is 143 Å². The Kier molecular flexibility index (Phi) is 5.63. The lowest BCUT2D eigenvalue weighted by atomic mass is 10.2. The summed E-state index contributed by atoms with van der Waals surface area (Å²) in [7, 11) is 0.466. The molecule has 10 nitrogen and oxygen atoms in total. The molecule has 168 valence electrons. The molecule has 2 aromatic carbocycles. The van der Waals surface area contributed by atoms with Gasteiger partial charge in [0.2, 0.25) is 10.0 Å². The van der Waals surface area contributed by atoms with Crippen LogP contribution < -0.4 is 16.0 Å². The zero-order valence-corrected chi connectivity index (χ0v) is 18.6. The third-order valence-corrected chi connectivity index (χ3v) is 7.14. The van der Waals surface area contributed by atoms with E-state index in [1.165, 1.54) is 31.6 Å². The fraction of sp³-hybridized carbons (Fsp3) is 0.238. The quantitative estimate of drug-likeness (QED) is 0.385. The third-order valence-electron chi connectivity index (χ3n) is 5.26. The van der Waals surface area contributed by atoms with Crippen molar-refractivity contribution in [1.29, 1.82) is 0 Å². The minimum atomic E-state index is -3.88.